The van der Waals surface area contributed by atoms with Gasteiger partial charge in [0.05, 0.1) is 30.0 Å². The summed E-state index contributed by atoms with van der Waals surface area (Å²) in [4.78, 5) is 41.0. The van der Waals surface area contributed by atoms with Gasteiger partial charge in [0.2, 0.25) is 0 Å². The van der Waals surface area contributed by atoms with Gasteiger partial charge in [-0.1, -0.05) is 6.07 Å². The summed E-state index contributed by atoms with van der Waals surface area (Å²) in [7, 11) is 1.34. The monoisotopic (exact) mass is 509 g/mol. The smallest absolute Gasteiger partial charge is 0.335 e. The van der Waals surface area contributed by atoms with Crippen molar-refractivity contribution in [1.82, 2.24) is 15.2 Å². The number of benzene rings is 1. The molecule has 0 amide bonds. The Labute approximate surface area is 211 Å². The Bertz CT molecular complexity index is 1280. The van der Waals surface area contributed by atoms with Gasteiger partial charge in [0, 0.05) is 24.7 Å². The number of carbonyl (C=O) groups excluding carboxylic acids is 1. The van der Waals surface area contributed by atoms with Crippen LogP contribution in [0, 0.1) is 0 Å². The number of carboxylic acid groups (broad SMARTS) is 2. The van der Waals surface area contributed by atoms with Gasteiger partial charge in [0.15, 0.2) is 5.11 Å². The van der Waals surface area contributed by atoms with E-state index in [4.69, 9.17) is 21.4 Å². The van der Waals surface area contributed by atoms with E-state index in [1.807, 2.05) is 17.0 Å². The maximum atomic E-state index is 11.6. The molecule has 10 nitrogen and oxygen atoms in total. The third-order valence-corrected chi connectivity index (χ3v) is 6.19. The number of furan rings is 1. The Balaban J connectivity index is 1.71. The van der Waals surface area contributed by atoms with Crippen LogP contribution in [-0.4, -0.2) is 56.8 Å². The Morgan fingerprint density at radius 2 is 1.83 bits per heavy atom. The van der Waals surface area contributed by atoms with Crippen LogP contribution in [0.2, 0.25) is 0 Å². The fraction of sp³-hybridized carbons (Fsp3) is 0.240. The fourth-order valence-corrected chi connectivity index (χ4v) is 4.47. The highest BCUT2D eigenvalue weighted by Gasteiger charge is 2.41. The molecular formula is C25H23N3O7S. The maximum Gasteiger partial charge on any atom is 0.335 e. The quantitative estimate of drug-likeness (QED) is 0.287. The lowest BCUT2D eigenvalue weighted by molar-refractivity contribution is -0.140. The summed E-state index contributed by atoms with van der Waals surface area (Å²) in [5.74, 6) is -1.99. The summed E-state index contributed by atoms with van der Waals surface area (Å²) >= 11 is 5.59. The molecule has 0 bridgehead atoms. The van der Waals surface area contributed by atoms with Crippen molar-refractivity contribution in [3.63, 3.8) is 0 Å². The Morgan fingerprint density at radius 3 is 2.44 bits per heavy atom. The van der Waals surface area contributed by atoms with E-state index in [-0.39, 0.29) is 29.6 Å². The molecule has 0 saturated carbocycles. The third kappa shape index (κ3) is 5.20. The SMILES string of the molecule is COC(=O)CCCN1C(=S)NC(c2ccccn2)C1c1ccc(-c2cc(C(=O)O)cc(C(=O)O)c2)o1. The minimum absolute atomic E-state index is 0.164. The van der Waals surface area contributed by atoms with Crippen LogP contribution in [0.4, 0.5) is 0 Å². The molecule has 186 valence electrons. The lowest BCUT2D eigenvalue weighted by Gasteiger charge is -2.25. The molecule has 3 N–H and O–H groups in total. The van der Waals surface area contributed by atoms with E-state index in [1.165, 1.54) is 19.2 Å². The predicted octanol–water partition coefficient (Wildman–Crippen LogP) is 3.66. The topological polar surface area (TPSA) is 142 Å². The summed E-state index contributed by atoms with van der Waals surface area (Å²) < 4.78 is 10.9. The summed E-state index contributed by atoms with van der Waals surface area (Å²) in [5.41, 5.74) is 0.725. The van der Waals surface area contributed by atoms with Crippen LogP contribution in [0.5, 0.6) is 0 Å². The summed E-state index contributed by atoms with van der Waals surface area (Å²) in [5, 5.41) is 22.6. The van der Waals surface area contributed by atoms with Gasteiger partial charge in [-0.3, -0.25) is 9.78 Å². The van der Waals surface area contributed by atoms with Gasteiger partial charge in [-0.05, 0) is 61.1 Å². The molecule has 2 unspecified atom stereocenters. The number of hydrogen-bond donors (Lipinski definition) is 3. The van der Waals surface area contributed by atoms with Gasteiger partial charge in [0.1, 0.15) is 17.6 Å². The van der Waals surface area contributed by atoms with E-state index in [0.717, 1.165) is 11.8 Å². The second-order valence-electron chi connectivity index (χ2n) is 8.11. The number of aromatic nitrogens is 1. The molecule has 1 aliphatic heterocycles. The maximum absolute atomic E-state index is 11.6. The van der Waals surface area contributed by atoms with Gasteiger partial charge in [-0.2, -0.15) is 0 Å². The number of esters is 1. The summed E-state index contributed by atoms with van der Waals surface area (Å²) in [6, 6.07) is 12.0. The number of nitrogens with one attached hydrogen (secondary N) is 1. The number of carbonyl (C=O) groups is 3. The van der Waals surface area contributed by atoms with E-state index >= 15 is 0 Å². The zero-order valence-corrected chi connectivity index (χ0v) is 20.0. The largest absolute Gasteiger partial charge is 0.478 e. The number of ether oxygens (including phenoxy) is 1. The molecule has 1 saturated heterocycles. The van der Waals surface area contributed by atoms with E-state index in [0.29, 0.717) is 35.2 Å². The first-order chi connectivity index (χ1) is 17.3. The number of pyridine rings is 1. The van der Waals surface area contributed by atoms with E-state index in [1.54, 1.807) is 24.4 Å². The lowest BCUT2D eigenvalue weighted by atomic mass is 10.0. The molecule has 11 heteroatoms. The van der Waals surface area contributed by atoms with Gasteiger partial charge < -0.3 is 29.6 Å². The van der Waals surface area contributed by atoms with Crippen LogP contribution in [0.25, 0.3) is 11.3 Å². The van der Waals surface area contributed by atoms with Crippen molar-refractivity contribution < 1.29 is 33.8 Å². The highest BCUT2D eigenvalue weighted by Crippen LogP contribution is 2.40. The first kappa shape index (κ1) is 24.9. The number of thiocarbonyl (C=S) groups is 1. The van der Waals surface area contributed by atoms with E-state index < -0.39 is 18.0 Å². The van der Waals surface area contributed by atoms with Gasteiger partial charge in [0.25, 0.3) is 0 Å². The number of hydrogen-bond acceptors (Lipinski definition) is 7. The van der Waals surface area contributed by atoms with Crippen LogP contribution in [0.15, 0.2) is 59.1 Å². The molecule has 4 rings (SSSR count). The third-order valence-electron chi connectivity index (χ3n) is 5.84. The first-order valence-corrected chi connectivity index (χ1v) is 11.5. The molecule has 0 spiro atoms. The van der Waals surface area contributed by atoms with E-state index in [2.05, 4.69) is 10.3 Å². The second-order valence-corrected chi connectivity index (χ2v) is 8.50. The first-order valence-electron chi connectivity index (χ1n) is 11.0. The molecule has 0 aliphatic carbocycles. The Hall–Kier alpha value is -4.25. The molecule has 1 aliphatic rings. The zero-order chi connectivity index (χ0) is 25.8. The average molecular weight is 510 g/mol. The van der Waals surface area contributed by atoms with Crippen molar-refractivity contribution in [2.24, 2.45) is 0 Å². The van der Waals surface area contributed by atoms with Crippen molar-refractivity contribution in [3.05, 3.63) is 77.3 Å². The summed E-state index contributed by atoms with van der Waals surface area (Å²) in [6.07, 6.45) is 2.39. The van der Waals surface area contributed by atoms with Gasteiger partial charge in [-0.15, -0.1) is 0 Å². The Morgan fingerprint density at radius 1 is 1.11 bits per heavy atom. The van der Waals surface area contributed by atoms with Crippen LogP contribution in [0.3, 0.4) is 0 Å². The molecule has 1 fully saturated rings. The normalized spacial score (nSPS) is 17.0. The number of aromatic carboxylic acids is 2. The highest BCUT2D eigenvalue weighted by molar-refractivity contribution is 7.80. The second kappa shape index (κ2) is 10.6. The molecule has 1 aromatic carbocycles. The average Bonchev–Trinajstić information content (AvgIpc) is 3.49. The minimum Gasteiger partial charge on any atom is -0.478 e. The molecule has 2 atom stereocenters. The molecule has 3 aromatic rings. The molecular weight excluding hydrogens is 486 g/mol. The van der Waals surface area contributed by atoms with Crippen molar-refractivity contribution in [2.75, 3.05) is 13.7 Å². The van der Waals surface area contributed by atoms with Crippen molar-refractivity contribution in [1.29, 1.82) is 0 Å². The minimum atomic E-state index is -1.25. The van der Waals surface area contributed by atoms with Gasteiger partial charge >= 0.3 is 17.9 Å². The van der Waals surface area contributed by atoms with Crippen LogP contribution in [-0.2, 0) is 9.53 Å². The highest BCUT2D eigenvalue weighted by atomic mass is 32.1. The molecule has 0 radical (unpaired) electrons. The van der Waals surface area contributed by atoms with E-state index in [9.17, 15) is 24.6 Å². The number of methoxy groups -OCH3 is 1. The van der Waals surface area contributed by atoms with Crippen molar-refractivity contribution in [2.45, 2.75) is 24.9 Å². The molecule has 2 aromatic heterocycles. The predicted molar refractivity (Wildman–Crippen MR) is 131 cm³/mol. The van der Waals surface area contributed by atoms with Crippen LogP contribution >= 0.6 is 12.2 Å². The fourth-order valence-electron chi connectivity index (χ4n) is 4.13. The van der Waals surface area contributed by atoms with Crippen molar-refractivity contribution in [3.8, 4) is 11.3 Å². The number of carboxylic acids is 2. The van der Waals surface area contributed by atoms with Crippen LogP contribution < -0.4 is 5.32 Å². The summed E-state index contributed by atoms with van der Waals surface area (Å²) in [6.45, 7) is 0.447. The van der Waals surface area contributed by atoms with Crippen molar-refractivity contribution >= 4 is 35.2 Å². The standard InChI is InChI=1S/C25H23N3O7S/c1-34-20(29)6-4-10-28-22(21(27-25(28)36)17-5-2-3-9-26-17)19-8-7-18(35-19)14-11-15(23(30)31)13-16(12-14)24(32)33/h2-3,5,7-9,11-13,21-22H,4,6,10H2,1H3,(H,27,36)(H,30,31)(H,32,33). The molecule has 3 heterocycles. The number of rotatable bonds is 9. The van der Waals surface area contributed by atoms with Gasteiger partial charge in [-0.25, -0.2) is 9.59 Å². The number of nitrogens with zero attached hydrogens (tertiary/aromatic N) is 2. The van der Waals surface area contributed by atoms with Crippen LogP contribution in [0.1, 0.15) is 57.1 Å². The zero-order valence-electron chi connectivity index (χ0n) is 19.2. The lowest BCUT2D eigenvalue weighted by Crippen LogP contribution is -2.30. The Kier molecular flexibility index (Phi) is 7.30. The molecule has 36 heavy (non-hydrogen) atoms.